The van der Waals surface area contributed by atoms with Crippen LogP contribution in [0.25, 0.3) is 10.9 Å². The molecule has 0 amide bonds. The minimum absolute atomic E-state index is 0.0832. The molecule has 0 fully saturated rings. The van der Waals surface area contributed by atoms with Crippen molar-refractivity contribution in [1.82, 2.24) is 4.98 Å². The second-order valence-electron chi connectivity index (χ2n) is 4.64. The highest BCUT2D eigenvalue weighted by molar-refractivity contribution is 6.30. The van der Waals surface area contributed by atoms with E-state index in [1.807, 2.05) is 42.5 Å². The molecule has 3 rings (SSSR count). The molecule has 1 aromatic heterocycles. The predicted octanol–water partition coefficient (Wildman–Crippen LogP) is 4.31. The van der Waals surface area contributed by atoms with Gasteiger partial charge in [-0.1, -0.05) is 41.9 Å². The van der Waals surface area contributed by atoms with Crippen molar-refractivity contribution in [1.29, 1.82) is 0 Å². The SMILES string of the molecule is O=C(Cc1ccc(Cl)cc1)c1ccc2cccnc2c1. The number of Topliss-reactive ketones (excluding diaryl/α,β-unsaturated/α-hetero) is 1. The molecule has 0 bridgehead atoms. The van der Waals surface area contributed by atoms with Crippen LogP contribution in [0, 0.1) is 0 Å². The van der Waals surface area contributed by atoms with Crippen LogP contribution in [0.4, 0.5) is 0 Å². The van der Waals surface area contributed by atoms with E-state index in [0.717, 1.165) is 16.5 Å². The number of aromatic nitrogens is 1. The molecule has 3 aromatic rings. The molecule has 0 radical (unpaired) electrons. The first-order chi connectivity index (χ1) is 9.72. The lowest BCUT2D eigenvalue weighted by atomic mass is 10.0. The Kier molecular flexibility index (Phi) is 3.48. The van der Waals surface area contributed by atoms with E-state index in [4.69, 9.17) is 11.6 Å². The molecule has 20 heavy (non-hydrogen) atoms. The van der Waals surface area contributed by atoms with E-state index in [-0.39, 0.29) is 5.78 Å². The number of pyridine rings is 1. The van der Waals surface area contributed by atoms with Gasteiger partial charge in [-0.2, -0.15) is 0 Å². The van der Waals surface area contributed by atoms with Crippen molar-refractivity contribution in [2.75, 3.05) is 0 Å². The zero-order chi connectivity index (χ0) is 13.9. The van der Waals surface area contributed by atoms with Gasteiger partial charge in [-0.05, 0) is 29.8 Å². The lowest BCUT2D eigenvalue weighted by molar-refractivity contribution is 0.0993. The van der Waals surface area contributed by atoms with E-state index in [9.17, 15) is 4.79 Å². The molecule has 0 unspecified atom stereocenters. The topological polar surface area (TPSA) is 30.0 Å². The minimum atomic E-state index is 0.0832. The van der Waals surface area contributed by atoms with Gasteiger partial charge in [-0.25, -0.2) is 0 Å². The van der Waals surface area contributed by atoms with E-state index in [0.29, 0.717) is 17.0 Å². The summed E-state index contributed by atoms with van der Waals surface area (Å²) < 4.78 is 0. The van der Waals surface area contributed by atoms with Gasteiger partial charge in [0.2, 0.25) is 0 Å². The Labute approximate surface area is 122 Å². The average molecular weight is 282 g/mol. The molecule has 0 aliphatic heterocycles. The van der Waals surface area contributed by atoms with Crippen LogP contribution in [-0.2, 0) is 6.42 Å². The molecular formula is C17H12ClNO. The first-order valence-electron chi connectivity index (χ1n) is 6.35. The van der Waals surface area contributed by atoms with Crippen molar-refractivity contribution >= 4 is 28.3 Å². The molecule has 0 saturated heterocycles. The number of fused-ring (bicyclic) bond motifs is 1. The van der Waals surface area contributed by atoms with Crippen molar-refractivity contribution in [2.45, 2.75) is 6.42 Å². The third-order valence-electron chi connectivity index (χ3n) is 3.21. The standard InChI is InChI=1S/C17H12ClNO/c18-15-7-3-12(4-8-15)10-17(20)14-6-5-13-2-1-9-19-16(13)11-14/h1-9,11H,10H2. The summed E-state index contributed by atoms with van der Waals surface area (Å²) in [5.74, 6) is 0.0832. The Hall–Kier alpha value is -2.19. The summed E-state index contributed by atoms with van der Waals surface area (Å²) in [5.41, 5.74) is 2.49. The first kappa shape index (κ1) is 12.8. The number of ketones is 1. The van der Waals surface area contributed by atoms with Gasteiger partial charge in [0.05, 0.1) is 5.52 Å². The third kappa shape index (κ3) is 2.70. The van der Waals surface area contributed by atoms with Gasteiger partial charge in [-0.15, -0.1) is 0 Å². The Morgan fingerprint density at radius 1 is 1.05 bits per heavy atom. The molecule has 0 atom stereocenters. The zero-order valence-electron chi connectivity index (χ0n) is 10.7. The third-order valence-corrected chi connectivity index (χ3v) is 3.46. The molecule has 1 heterocycles. The molecule has 0 aliphatic carbocycles. The molecule has 2 nitrogen and oxygen atoms in total. The minimum Gasteiger partial charge on any atom is -0.294 e. The van der Waals surface area contributed by atoms with Crippen LogP contribution in [0.3, 0.4) is 0 Å². The number of hydrogen-bond acceptors (Lipinski definition) is 2. The fourth-order valence-electron chi connectivity index (χ4n) is 2.13. The molecular weight excluding hydrogens is 270 g/mol. The fraction of sp³-hybridized carbons (Fsp3) is 0.0588. The quantitative estimate of drug-likeness (QED) is 0.670. The summed E-state index contributed by atoms with van der Waals surface area (Å²) in [6, 6.07) is 16.8. The molecule has 2 aromatic carbocycles. The van der Waals surface area contributed by atoms with Crippen LogP contribution >= 0.6 is 11.6 Å². The smallest absolute Gasteiger partial charge is 0.167 e. The highest BCUT2D eigenvalue weighted by Gasteiger charge is 2.08. The normalized spacial score (nSPS) is 10.7. The van der Waals surface area contributed by atoms with Crippen LogP contribution in [0.2, 0.25) is 5.02 Å². The average Bonchev–Trinajstić information content (AvgIpc) is 2.49. The van der Waals surface area contributed by atoms with Crippen molar-refractivity contribution < 1.29 is 4.79 Å². The van der Waals surface area contributed by atoms with Crippen LogP contribution in [-0.4, -0.2) is 10.8 Å². The fourth-order valence-corrected chi connectivity index (χ4v) is 2.26. The summed E-state index contributed by atoms with van der Waals surface area (Å²) in [5, 5.41) is 1.71. The molecule has 0 spiro atoms. The number of hydrogen-bond donors (Lipinski definition) is 0. The number of halogens is 1. The van der Waals surface area contributed by atoms with E-state index in [1.165, 1.54) is 0 Å². The maximum atomic E-state index is 12.3. The number of benzene rings is 2. The van der Waals surface area contributed by atoms with E-state index >= 15 is 0 Å². The van der Waals surface area contributed by atoms with Gasteiger partial charge >= 0.3 is 0 Å². The molecule has 0 N–H and O–H groups in total. The molecule has 98 valence electrons. The lowest BCUT2D eigenvalue weighted by Crippen LogP contribution is -2.03. The summed E-state index contributed by atoms with van der Waals surface area (Å²) >= 11 is 5.84. The monoisotopic (exact) mass is 281 g/mol. The lowest BCUT2D eigenvalue weighted by Gasteiger charge is -2.03. The predicted molar refractivity (Wildman–Crippen MR) is 81.2 cm³/mol. The van der Waals surface area contributed by atoms with Gasteiger partial charge in [0.1, 0.15) is 0 Å². The van der Waals surface area contributed by atoms with Crippen LogP contribution in [0.1, 0.15) is 15.9 Å². The summed E-state index contributed by atoms with van der Waals surface area (Å²) in [6.45, 7) is 0. The van der Waals surface area contributed by atoms with Crippen LogP contribution in [0.5, 0.6) is 0 Å². The molecule has 0 saturated carbocycles. The van der Waals surface area contributed by atoms with Crippen LogP contribution in [0.15, 0.2) is 60.8 Å². The number of carbonyl (C=O) groups is 1. The summed E-state index contributed by atoms with van der Waals surface area (Å²) in [7, 11) is 0. The van der Waals surface area contributed by atoms with Gasteiger partial charge in [-0.3, -0.25) is 9.78 Å². The maximum absolute atomic E-state index is 12.3. The Morgan fingerprint density at radius 2 is 1.85 bits per heavy atom. The van der Waals surface area contributed by atoms with E-state index in [2.05, 4.69) is 4.98 Å². The first-order valence-corrected chi connectivity index (χ1v) is 6.72. The maximum Gasteiger partial charge on any atom is 0.167 e. The Bertz CT molecular complexity index is 765. The largest absolute Gasteiger partial charge is 0.294 e. The molecule has 0 aliphatic rings. The van der Waals surface area contributed by atoms with Gasteiger partial charge in [0.15, 0.2) is 5.78 Å². The van der Waals surface area contributed by atoms with E-state index in [1.54, 1.807) is 18.3 Å². The van der Waals surface area contributed by atoms with Gasteiger partial charge in [0, 0.05) is 28.6 Å². The summed E-state index contributed by atoms with van der Waals surface area (Å²) in [6.07, 6.45) is 2.10. The second-order valence-corrected chi connectivity index (χ2v) is 5.07. The van der Waals surface area contributed by atoms with Crippen molar-refractivity contribution in [3.8, 4) is 0 Å². The highest BCUT2D eigenvalue weighted by atomic mass is 35.5. The second kappa shape index (κ2) is 5.43. The van der Waals surface area contributed by atoms with Crippen molar-refractivity contribution in [3.05, 3.63) is 76.9 Å². The van der Waals surface area contributed by atoms with Crippen molar-refractivity contribution in [3.63, 3.8) is 0 Å². The number of rotatable bonds is 3. The summed E-state index contributed by atoms with van der Waals surface area (Å²) in [4.78, 5) is 16.6. The Balaban J connectivity index is 1.86. The van der Waals surface area contributed by atoms with Gasteiger partial charge < -0.3 is 0 Å². The Morgan fingerprint density at radius 3 is 2.65 bits per heavy atom. The van der Waals surface area contributed by atoms with Crippen LogP contribution < -0.4 is 0 Å². The van der Waals surface area contributed by atoms with Gasteiger partial charge in [0.25, 0.3) is 0 Å². The zero-order valence-corrected chi connectivity index (χ0v) is 11.5. The highest BCUT2D eigenvalue weighted by Crippen LogP contribution is 2.16. The number of carbonyl (C=O) groups excluding carboxylic acids is 1. The number of nitrogens with zero attached hydrogens (tertiary/aromatic N) is 1. The van der Waals surface area contributed by atoms with E-state index < -0.39 is 0 Å². The van der Waals surface area contributed by atoms with Crippen molar-refractivity contribution in [2.24, 2.45) is 0 Å². The molecule has 3 heteroatoms.